The third-order valence-corrected chi connectivity index (χ3v) is 4.39. The number of anilines is 1. The number of amides is 2. The second-order valence-corrected chi connectivity index (χ2v) is 6.57. The Bertz CT molecular complexity index is 1220. The first-order valence-corrected chi connectivity index (χ1v) is 9.09. The summed E-state index contributed by atoms with van der Waals surface area (Å²) < 4.78 is 14.8. The molecule has 0 aliphatic rings. The van der Waals surface area contributed by atoms with Crippen molar-refractivity contribution in [3.05, 3.63) is 78.1 Å². The predicted octanol–water partition coefficient (Wildman–Crippen LogP) is 2.84. The van der Waals surface area contributed by atoms with Crippen LogP contribution in [0.2, 0.25) is 0 Å². The molecule has 8 nitrogen and oxygen atoms in total. The zero-order chi connectivity index (χ0) is 21.1. The molecule has 30 heavy (non-hydrogen) atoms. The summed E-state index contributed by atoms with van der Waals surface area (Å²) >= 11 is 0. The molecule has 9 heteroatoms. The SMILES string of the molecule is CC(=O)Nc1ccc(CNC(=O)c2cncc3c2cnn3-c2ccc(F)cc2)cn1. The predicted molar refractivity (Wildman–Crippen MR) is 109 cm³/mol. The van der Waals surface area contributed by atoms with Crippen LogP contribution in [0.15, 0.2) is 61.2 Å². The van der Waals surface area contributed by atoms with Crippen molar-refractivity contribution in [2.24, 2.45) is 0 Å². The quantitative estimate of drug-likeness (QED) is 0.533. The number of aromatic nitrogens is 4. The van der Waals surface area contributed by atoms with Gasteiger partial charge in [0.15, 0.2) is 0 Å². The highest BCUT2D eigenvalue weighted by Gasteiger charge is 2.15. The molecular weight excluding hydrogens is 387 g/mol. The van der Waals surface area contributed by atoms with E-state index in [0.717, 1.165) is 5.56 Å². The fraction of sp³-hybridized carbons (Fsp3) is 0.0952. The lowest BCUT2D eigenvalue weighted by atomic mass is 10.1. The topological polar surface area (TPSA) is 102 Å². The number of benzene rings is 1. The third-order valence-electron chi connectivity index (χ3n) is 4.39. The van der Waals surface area contributed by atoms with Gasteiger partial charge in [-0.1, -0.05) is 6.07 Å². The molecule has 150 valence electrons. The summed E-state index contributed by atoms with van der Waals surface area (Å²) in [6, 6.07) is 9.33. The van der Waals surface area contributed by atoms with E-state index < -0.39 is 0 Å². The lowest BCUT2D eigenvalue weighted by Gasteiger charge is -2.08. The molecule has 0 unspecified atom stereocenters. The maximum absolute atomic E-state index is 13.2. The van der Waals surface area contributed by atoms with Crippen LogP contribution in [0, 0.1) is 5.82 Å². The number of pyridine rings is 2. The molecule has 3 aromatic heterocycles. The van der Waals surface area contributed by atoms with Crippen molar-refractivity contribution in [2.45, 2.75) is 13.5 Å². The van der Waals surface area contributed by atoms with Crippen molar-refractivity contribution >= 4 is 28.5 Å². The summed E-state index contributed by atoms with van der Waals surface area (Å²) in [7, 11) is 0. The van der Waals surface area contributed by atoms with Gasteiger partial charge in [-0.05, 0) is 35.9 Å². The van der Waals surface area contributed by atoms with E-state index in [9.17, 15) is 14.0 Å². The first-order chi connectivity index (χ1) is 14.5. The summed E-state index contributed by atoms with van der Waals surface area (Å²) in [6.45, 7) is 1.66. The Morgan fingerprint density at radius 2 is 1.83 bits per heavy atom. The Morgan fingerprint density at radius 1 is 1.03 bits per heavy atom. The molecule has 2 amide bonds. The first-order valence-electron chi connectivity index (χ1n) is 9.09. The Morgan fingerprint density at radius 3 is 2.53 bits per heavy atom. The molecule has 0 spiro atoms. The van der Waals surface area contributed by atoms with E-state index in [1.807, 2.05) is 0 Å². The zero-order valence-electron chi connectivity index (χ0n) is 16.0. The van der Waals surface area contributed by atoms with Crippen molar-refractivity contribution < 1.29 is 14.0 Å². The van der Waals surface area contributed by atoms with E-state index in [0.29, 0.717) is 28.0 Å². The molecular formula is C21H17FN6O2. The zero-order valence-corrected chi connectivity index (χ0v) is 16.0. The first kappa shape index (κ1) is 19.2. The van der Waals surface area contributed by atoms with Gasteiger partial charge in [-0.3, -0.25) is 14.6 Å². The molecule has 0 saturated carbocycles. The van der Waals surface area contributed by atoms with E-state index in [1.54, 1.807) is 47.5 Å². The van der Waals surface area contributed by atoms with Gasteiger partial charge in [0.2, 0.25) is 5.91 Å². The average molecular weight is 404 g/mol. The van der Waals surface area contributed by atoms with Crippen LogP contribution in [0.25, 0.3) is 16.6 Å². The monoisotopic (exact) mass is 404 g/mol. The fourth-order valence-corrected chi connectivity index (χ4v) is 2.97. The minimum atomic E-state index is -0.340. The Kier molecular flexibility index (Phi) is 5.17. The molecule has 0 saturated heterocycles. The fourth-order valence-electron chi connectivity index (χ4n) is 2.97. The second kappa shape index (κ2) is 8.08. The number of carbonyl (C=O) groups is 2. The van der Waals surface area contributed by atoms with Crippen molar-refractivity contribution in [3.8, 4) is 5.69 Å². The van der Waals surface area contributed by atoms with Crippen molar-refractivity contribution in [1.82, 2.24) is 25.1 Å². The largest absolute Gasteiger partial charge is 0.348 e. The van der Waals surface area contributed by atoms with Crippen LogP contribution < -0.4 is 10.6 Å². The van der Waals surface area contributed by atoms with Crippen LogP contribution in [0.1, 0.15) is 22.8 Å². The maximum atomic E-state index is 13.2. The smallest absolute Gasteiger partial charge is 0.253 e. The van der Waals surface area contributed by atoms with Gasteiger partial charge >= 0.3 is 0 Å². The van der Waals surface area contributed by atoms with Crippen molar-refractivity contribution in [2.75, 3.05) is 5.32 Å². The summed E-state index contributed by atoms with van der Waals surface area (Å²) in [5.41, 5.74) is 2.45. The third kappa shape index (κ3) is 4.00. The number of rotatable bonds is 5. The van der Waals surface area contributed by atoms with Crippen LogP contribution >= 0.6 is 0 Å². The molecule has 0 atom stereocenters. The number of nitrogens with zero attached hydrogens (tertiary/aromatic N) is 4. The molecule has 4 rings (SSSR count). The highest BCUT2D eigenvalue weighted by molar-refractivity contribution is 6.05. The maximum Gasteiger partial charge on any atom is 0.253 e. The number of hydrogen-bond donors (Lipinski definition) is 2. The van der Waals surface area contributed by atoms with Gasteiger partial charge in [0, 0.05) is 31.2 Å². The van der Waals surface area contributed by atoms with E-state index in [2.05, 4.69) is 25.7 Å². The van der Waals surface area contributed by atoms with Gasteiger partial charge in [0.1, 0.15) is 11.6 Å². The van der Waals surface area contributed by atoms with Crippen LogP contribution in [-0.4, -0.2) is 31.6 Å². The number of carbonyl (C=O) groups excluding carboxylic acids is 2. The molecule has 0 aliphatic carbocycles. The minimum absolute atomic E-state index is 0.203. The average Bonchev–Trinajstić information content (AvgIpc) is 3.17. The van der Waals surface area contributed by atoms with Crippen molar-refractivity contribution in [3.63, 3.8) is 0 Å². The highest BCUT2D eigenvalue weighted by atomic mass is 19.1. The minimum Gasteiger partial charge on any atom is -0.348 e. The number of fused-ring (bicyclic) bond motifs is 1. The molecule has 1 aromatic carbocycles. The van der Waals surface area contributed by atoms with E-state index >= 15 is 0 Å². The summed E-state index contributed by atoms with van der Waals surface area (Å²) in [5.74, 6) is -0.407. The molecule has 0 aliphatic heterocycles. The number of hydrogen-bond acceptors (Lipinski definition) is 5. The lowest BCUT2D eigenvalue weighted by Crippen LogP contribution is -2.23. The lowest BCUT2D eigenvalue weighted by molar-refractivity contribution is -0.114. The van der Waals surface area contributed by atoms with E-state index in [1.165, 1.54) is 25.3 Å². The molecule has 0 bridgehead atoms. The second-order valence-electron chi connectivity index (χ2n) is 6.57. The van der Waals surface area contributed by atoms with Gasteiger partial charge in [0.25, 0.3) is 5.91 Å². The Labute approximate surface area is 170 Å². The van der Waals surface area contributed by atoms with Gasteiger partial charge in [-0.2, -0.15) is 5.10 Å². The molecule has 4 aromatic rings. The Balaban J connectivity index is 1.52. The normalized spacial score (nSPS) is 10.7. The van der Waals surface area contributed by atoms with Crippen LogP contribution in [0.3, 0.4) is 0 Å². The number of nitrogens with one attached hydrogen (secondary N) is 2. The molecule has 2 N–H and O–H groups in total. The van der Waals surface area contributed by atoms with Gasteiger partial charge in [0.05, 0.1) is 29.2 Å². The summed E-state index contributed by atoms with van der Waals surface area (Å²) in [6.07, 6.45) is 6.25. The highest BCUT2D eigenvalue weighted by Crippen LogP contribution is 2.21. The van der Waals surface area contributed by atoms with Crippen LogP contribution in [0.4, 0.5) is 10.2 Å². The number of halogens is 1. The van der Waals surface area contributed by atoms with E-state index in [4.69, 9.17) is 0 Å². The van der Waals surface area contributed by atoms with Gasteiger partial charge in [-0.15, -0.1) is 0 Å². The van der Waals surface area contributed by atoms with E-state index in [-0.39, 0.29) is 24.2 Å². The summed E-state index contributed by atoms with van der Waals surface area (Å²) in [4.78, 5) is 32.0. The van der Waals surface area contributed by atoms with Crippen LogP contribution in [-0.2, 0) is 11.3 Å². The van der Waals surface area contributed by atoms with Crippen LogP contribution in [0.5, 0.6) is 0 Å². The molecule has 0 fully saturated rings. The summed E-state index contributed by atoms with van der Waals surface area (Å²) in [5, 5.41) is 10.4. The molecule has 3 heterocycles. The standard InChI is InChI=1S/C21H17FN6O2/c1-13(29)27-20-7-2-14(8-24-20)9-25-21(30)18-10-23-12-19-17(18)11-26-28(19)16-5-3-15(22)4-6-16/h2-8,10-12H,9H2,1H3,(H,25,30)(H,24,27,29). The van der Waals surface area contributed by atoms with Crippen molar-refractivity contribution in [1.29, 1.82) is 0 Å². The van der Waals surface area contributed by atoms with Gasteiger partial charge in [-0.25, -0.2) is 14.1 Å². The van der Waals surface area contributed by atoms with Gasteiger partial charge < -0.3 is 10.6 Å². The Hall–Kier alpha value is -4.14. The molecule has 0 radical (unpaired) electrons.